The molecule has 1 aliphatic rings. The fourth-order valence-electron chi connectivity index (χ4n) is 3.56. The van der Waals surface area contributed by atoms with Crippen LogP contribution in [0.2, 0.25) is 0 Å². The highest BCUT2D eigenvalue weighted by Gasteiger charge is 2.23. The molecule has 0 aliphatic carbocycles. The lowest BCUT2D eigenvalue weighted by Crippen LogP contribution is -2.27. The van der Waals surface area contributed by atoms with Crippen molar-refractivity contribution in [3.63, 3.8) is 0 Å². The third-order valence-corrected chi connectivity index (χ3v) is 6.79. The third-order valence-electron chi connectivity index (χ3n) is 5.41. The van der Waals surface area contributed by atoms with Gasteiger partial charge < -0.3 is 15.4 Å². The number of amides is 2. The summed E-state index contributed by atoms with van der Waals surface area (Å²) in [6.07, 6.45) is 1.05. The smallest absolute Gasteiger partial charge is 0.261 e. The normalized spacial score (nSPS) is 15.5. The molecule has 1 heterocycles. The average Bonchev–Trinajstić information content (AvgIpc) is 3.37. The lowest BCUT2D eigenvalue weighted by Gasteiger charge is -2.14. The quantitative estimate of drug-likeness (QED) is 0.471. The Labute approximate surface area is 198 Å². The number of benzene rings is 3. The van der Waals surface area contributed by atoms with Crippen molar-refractivity contribution in [2.75, 3.05) is 22.0 Å². The van der Waals surface area contributed by atoms with E-state index in [2.05, 4.69) is 15.4 Å². The molecule has 1 fully saturated rings. The molecule has 8 nitrogen and oxygen atoms in total. The topological polar surface area (TPSA) is 114 Å². The molecule has 2 amide bonds. The molecule has 3 aromatic carbocycles. The molecule has 34 heavy (non-hydrogen) atoms. The van der Waals surface area contributed by atoms with Gasteiger partial charge >= 0.3 is 0 Å². The Hall–Kier alpha value is -3.69. The number of nitrogens with one attached hydrogen (secondary N) is 3. The minimum atomic E-state index is -3.77. The average molecular weight is 480 g/mol. The lowest BCUT2D eigenvalue weighted by atomic mass is 10.1. The van der Waals surface area contributed by atoms with E-state index in [1.807, 2.05) is 0 Å². The van der Waals surface area contributed by atoms with E-state index in [-0.39, 0.29) is 10.8 Å². The maximum absolute atomic E-state index is 12.8. The maximum Gasteiger partial charge on any atom is 0.261 e. The molecule has 0 bridgehead atoms. The fourth-order valence-corrected chi connectivity index (χ4v) is 4.70. The highest BCUT2D eigenvalue weighted by atomic mass is 32.2. The van der Waals surface area contributed by atoms with Crippen LogP contribution in [0.25, 0.3) is 0 Å². The largest absolute Gasteiger partial charge is 0.368 e. The Morgan fingerprint density at radius 1 is 0.912 bits per heavy atom. The SMILES string of the molecule is Cc1ccc(NC(=O)c2cccc(NC(=O)C3CCCO3)c2)cc1NS(=O)(=O)c1ccccc1. The van der Waals surface area contributed by atoms with Crippen molar-refractivity contribution < 1.29 is 22.7 Å². The van der Waals surface area contributed by atoms with Crippen LogP contribution in [0.5, 0.6) is 0 Å². The molecule has 9 heteroatoms. The third kappa shape index (κ3) is 5.62. The van der Waals surface area contributed by atoms with E-state index in [4.69, 9.17) is 4.74 Å². The minimum absolute atomic E-state index is 0.144. The summed E-state index contributed by atoms with van der Waals surface area (Å²) in [5.41, 5.74) is 2.33. The summed E-state index contributed by atoms with van der Waals surface area (Å²) in [7, 11) is -3.77. The molecule has 1 atom stereocenters. The summed E-state index contributed by atoms with van der Waals surface area (Å²) in [4.78, 5) is 25.2. The molecule has 0 radical (unpaired) electrons. The zero-order valence-corrected chi connectivity index (χ0v) is 19.4. The van der Waals surface area contributed by atoms with Crippen LogP contribution in [0.1, 0.15) is 28.8 Å². The zero-order chi connectivity index (χ0) is 24.1. The van der Waals surface area contributed by atoms with E-state index in [0.29, 0.717) is 41.2 Å². The predicted molar refractivity (Wildman–Crippen MR) is 130 cm³/mol. The van der Waals surface area contributed by atoms with Crippen molar-refractivity contribution in [3.05, 3.63) is 83.9 Å². The Morgan fingerprint density at radius 2 is 1.68 bits per heavy atom. The standard InChI is InChI=1S/C25H25N3O5S/c1-17-12-13-20(16-22(17)28-34(31,32)21-9-3-2-4-10-21)26-24(29)18-7-5-8-19(15-18)27-25(30)23-11-6-14-33-23/h2-5,7-10,12-13,15-16,23,28H,6,11,14H2,1H3,(H,26,29)(H,27,30). The molecular formula is C25H25N3O5S. The van der Waals surface area contributed by atoms with Crippen LogP contribution in [0.15, 0.2) is 77.7 Å². The Balaban J connectivity index is 1.47. The van der Waals surface area contributed by atoms with Gasteiger partial charge in [0.2, 0.25) is 0 Å². The van der Waals surface area contributed by atoms with Crippen LogP contribution in [-0.4, -0.2) is 32.9 Å². The van der Waals surface area contributed by atoms with E-state index in [9.17, 15) is 18.0 Å². The number of carbonyl (C=O) groups excluding carboxylic acids is 2. The second kappa shape index (κ2) is 10.1. The number of carbonyl (C=O) groups is 2. The van der Waals surface area contributed by atoms with Crippen LogP contribution in [0.3, 0.4) is 0 Å². The summed E-state index contributed by atoms with van der Waals surface area (Å²) >= 11 is 0. The maximum atomic E-state index is 12.8. The molecule has 0 aromatic heterocycles. The first-order chi connectivity index (χ1) is 16.3. The molecule has 1 unspecified atom stereocenters. The first-order valence-corrected chi connectivity index (χ1v) is 12.3. The van der Waals surface area contributed by atoms with Gasteiger partial charge in [-0.25, -0.2) is 8.42 Å². The second-order valence-corrected chi connectivity index (χ2v) is 9.66. The van der Waals surface area contributed by atoms with Crippen molar-refractivity contribution in [2.24, 2.45) is 0 Å². The Bertz CT molecular complexity index is 1300. The summed E-state index contributed by atoms with van der Waals surface area (Å²) in [6.45, 7) is 2.34. The van der Waals surface area contributed by atoms with Gasteiger partial charge in [-0.2, -0.15) is 0 Å². The number of aryl methyl sites for hydroxylation is 1. The fraction of sp³-hybridized carbons (Fsp3) is 0.200. The van der Waals surface area contributed by atoms with Gasteiger partial charge in [-0.1, -0.05) is 30.3 Å². The van der Waals surface area contributed by atoms with Crippen LogP contribution >= 0.6 is 0 Å². The van der Waals surface area contributed by atoms with E-state index in [0.717, 1.165) is 6.42 Å². The molecule has 0 saturated carbocycles. The van der Waals surface area contributed by atoms with Crippen LogP contribution in [-0.2, 0) is 19.6 Å². The number of anilines is 3. The predicted octanol–water partition coefficient (Wildman–Crippen LogP) is 4.17. The first-order valence-electron chi connectivity index (χ1n) is 10.8. The Kier molecular flexibility index (Phi) is 6.95. The summed E-state index contributed by atoms with van der Waals surface area (Å²) in [5.74, 6) is -0.627. The molecule has 176 valence electrons. The molecule has 3 aromatic rings. The Morgan fingerprint density at radius 3 is 2.41 bits per heavy atom. The molecule has 3 N–H and O–H groups in total. The van der Waals surface area contributed by atoms with Gasteiger partial charge in [0, 0.05) is 23.5 Å². The van der Waals surface area contributed by atoms with E-state index in [1.165, 1.54) is 12.1 Å². The van der Waals surface area contributed by atoms with E-state index < -0.39 is 22.0 Å². The van der Waals surface area contributed by atoms with E-state index in [1.54, 1.807) is 67.6 Å². The highest BCUT2D eigenvalue weighted by Crippen LogP contribution is 2.24. The van der Waals surface area contributed by atoms with Crippen LogP contribution in [0, 0.1) is 6.92 Å². The molecule has 0 spiro atoms. The van der Waals surface area contributed by atoms with Crippen molar-refractivity contribution in [1.82, 2.24) is 0 Å². The molecule has 1 saturated heterocycles. The highest BCUT2D eigenvalue weighted by molar-refractivity contribution is 7.92. The summed E-state index contributed by atoms with van der Waals surface area (Å²) in [6, 6.07) is 19.6. The van der Waals surface area contributed by atoms with Gasteiger partial charge in [0.25, 0.3) is 21.8 Å². The van der Waals surface area contributed by atoms with Crippen LogP contribution in [0.4, 0.5) is 17.1 Å². The van der Waals surface area contributed by atoms with E-state index >= 15 is 0 Å². The number of ether oxygens (including phenoxy) is 1. The number of hydrogen-bond donors (Lipinski definition) is 3. The van der Waals surface area contributed by atoms with Crippen molar-refractivity contribution >= 4 is 38.9 Å². The minimum Gasteiger partial charge on any atom is -0.368 e. The first kappa shape index (κ1) is 23.5. The number of hydrogen-bond acceptors (Lipinski definition) is 5. The van der Waals surface area contributed by atoms with Gasteiger partial charge in [-0.3, -0.25) is 14.3 Å². The van der Waals surface area contributed by atoms with Crippen molar-refractivity contribution in [3.8, 4) is 0 Å². The molecular weight excluding hydrogens is 454 g/mol. The number of sulfonamides is 1. The van der Waals surface area contributed by atoms with Gasteiger partial charge in [0.1, 0.15) is 6.10 Å². The van der Waals surface area contributed by atoms with Gasteiger partial charge in [-0.05, 0) is 67.8 Å². The molecule has 1 aliphatic heterocycles. The second-order valence-electron chi connectivity index (χ2n) is 7.97. The summed E-state index contributed by atoms with van der Waals surface area (Å²) < 4.78 is 33.3. The van der Waals surface area contributed by atoms with Crippen molar-refractivity contribution in [1.29, 1.82) is 0 Å². The van der Waals surface area contributed by atoms with Gasteiger partial charge in [0.15, 0.2) is 0 Å². The van der Waals surface area contributed by atoms with Gasteiger partial charge in [-0.15, -0.1) is 0 Å². The van der Waals surface area contributed by atoms with Gasteiger partial charge in [0.05, 0.1) is 10.6 Å². The lowest BCUT2D eigenvalue weighted by molar-refractivity contribution is -0.124. The van der Waals surface area contributed by atoms with Crippen LogP contribution < -0.4 is 15.4 Å². The zero-order valence-electron chi connectivity index (χ0n) is 18.6. The van der Waals surface area contributed by atoms with Crippen molar-refractivity contribution in [2.45, 2.75) is 30.8 Å². The molecule has 4 rings (SSSR count). The number of rotatable bonds is 7. The monoisotopic (exact) mass is 479 g/mol. The summed E-state index contributed by atoms with van der Waals surface area (Å²) in [5, 5.41) is 5.56.